The molecule has 1 unspecified atom stereocenters. The molecule has 0 saturated carbocycles. The molecule has 0 saturated heterocycles. The van der Waals surface area contributed by atoms with E-state index in [1.54, 1.807) is 14.2 Å². The summed E-state index contributed by atoms with van der Waals surface area (Å²) in [6.45, 7) is 1.09. The van der Waals surface area contributed by atoms with Gasteiger partial charge in [0.25, 0.3) is 0 Å². The van der Waals surface area contributed by atoms with E-state index in [0.29, 0.717) is 18.7 Å². The van der Waals surface area contributed by atoms with Crippen molar-refractivity contribution in [2.75, 3.05) is 32.7 Å². The van der Waals surface area contributed by atoms with Crippen molar-refractivity contribution in [1.29, 1.82) is 5.41 Å². The van der Waals surface area contributed by atoms with Crippen LogP contribution in [0.25, 0.3) is 0 Å². The highest BCUT2D eigenvalue weighted by Gasteiger charge is 2.11. The van der Waals surface area contributed by atoms with Gasteiger partial charge in [-0.3, -0.25) is 5.41 Å². The fraction of sp³-hybridized carbons (Fsp3) is 0.417. The first-order valence-corrected chi connectivity index (χ1v) is 6.28. The van der Waals surface area contributed by atoms with Crippen molar-refractivity contribution in [3.8, 4) is 0 Å². The van der Waals surface area contributed by atoms with E-state index >= 15 is 0 Å². The predicted octanol–water partition coefficient (Wildman–Crippen LogP) is 1.81. The maximum absolute atomic E-state index is 7.58. The summed E-state index contributed by atoms with van der Waals surface area (Å²) < 4.78 is 11.1. The van der Waals surface area contributed by atoms with Gasteiger partial charge >= 0.3 is 0 Å². The Kier molecular flexibility index (Phi) is 6.11. The number of hydrogen-bond acceptors (Lipinski definition) is 4. The Hall–Kier alpha value is -1.11. The van der Waals surface area contributed by atoms with Gasteiger partial charge in [-0.2, -0.15) is 0 Å². The smallest absolute Gasteiger partial charge is 0.126 e. The minimum absolute atomic E-state index is 0.0192. The highest BCUT2D eigenvalue weighted by molar-refractivity contribution is 9.10. The Balaban J connectivity index is 2.78. The van der Waals surface area contributed by atoms with Gasteiger partial charge in [-0.25, -0.2) is 0 Å². The van der Waals surface area contributed by atoms with E-state index in [9.17, 15) is 0 Å². The molecule has 0 aliphatic rings. The summed E-state index contributed by atoms with van der Waals surface area (Å²) in [6, 6.07) is 5.61. The molecule has 4 N–H and O–H groups in total. The van der Waals surface area contributed by atoms with Gasteiger partial charge < -0.3 is 20.5 Å². The van der Waals surface area contributed by atoms with E-state index in [1.807, 2.05) is 18.2 Å². The van der Waals surface area contributed by atoms with Crippen LogP contribution in [0.2, 0.25) is 0 Å². The minimum Gasteiger partial charge on any atom is -0.384 e. The van der Waals surface area contributed by atoms with Crippen LogP contribution in [0.4, 0.5) is 5.69 Å². The van der Waals surface area contributed by atoms with Gasteiger partial charge in [0.05, 0.1) is 18.3 Å². The maximum Gasteiger partial charge on any atom is 0.126 e. The van der Waals surface area contributed by atoms with Crippen LogP contribution in [-0.4, -0.2) is 39.3 Å². The largest absolute Gasteiger partial charge is 0.384 e. The van der Waals surface area contributed by atoms with Crippen molar-refractivity contribution in [2.45, 2.75) is 6.10 Å². The minimum atomic E-state index is -0.0474. The topological polar surface area (TPSA) is 80.4 Å². The summed E-state index contributed by atoms with van der Waals surface area (Å²) in [4.78, 5) is 0. The zero-order chi connectivity index (χ0) is 13.5. The van der Waals surface area contributed by atoms with Crippen LogP contribution in [0, 0.1) is 5.41 Å². The molecule has 1 atom stereocenters. The third-order valence-electron chi connectivity index (χ3n) is 2.49. The van der Waals surface area contributed by atoms with E-state index < -0.39 is 0 Å². The molecule has 0 spiro atoms. The fourth-order valence-electron chi connectivity index (χ4n) is 1.57. The molecule has 0 heterocycles. The SMILES string of the molecule is COCC(CNc1cccc(Br)c1C(=N)N)OC. The second kappa shape index (κ2) is 7.35. The molecule has 18 heavy (non-hydrogen) atoms. The number of halogens is 1. The summed E-state index contributed by atoms with van der Waals surface area (Å²) in [5.74, 6) is 0.0192. The molecule has 0 bridgehead atoms. The molecule has 1 rings (SSSR count). The normalized spacial score (nSPS) is 12.2. The fourth-order valence-corrected chi connectivity index (χ4v) is 2.14. The summed E-state index contributed by atoms with van der Waals surface area (Å²) in [5.41, 5.74) is 7.03. The van der Waals surface area contributed by atoms with Crippen molar-refractivity contribution in [2.24, 2.45) is 5.73 Å². The molecule has 0 radical (unpaired) electrons. The number of benzene rings is 1. The van der Waals surface area contributed by atoms with Gasteiger partial charge in [0.1, 0.15) is 5.84 Å². The lowest BCUT2D eigenvalue weighted by Gasteiger charge is -2.18. The van der Waals surface area contributed by atoms with E-state index in [2.05, 4.69) is 21.2 Å². The highest BCUT2D eigenvalue weighted by Crippen LogP contribution is 2.24. The van der Waals surface area contributed by atoms with Crippen LogP contribution in [0.1, 0.15) is 5.56 Å². The second-order valence-corrected chi connectivity index (χ2v) is 4.62. The average Bonchev–Trinajstić information content (AvgIpc) is 2.33. The average molecular weight is 316 g/mol. The number of nitrogens with two attached hydrogens (primary N) is 1. The van der Waals surface area contributed by atoms with Gasteiger partial charge in [0.15, 0.2) is 0 Å². The summed E-state index contributed by atoms with van der Waals surface area (Å²) in [7, 11) is 3.27. The van der Waals surface area contributed by atoms with Crippen LogP contribution < -0.4 is 11.1 Å². The quantitative estimate of drug-likeness (QED) is 0.529. The maximum atomic E-state index is 7.58. The molecule has 0 aromatic heterocycles. The third-order valence-corrected chi connectivity index (χ3v) is 3.15. The Morgan fingerprint density at radius 2 is 2.22 bits per heavy atom. The molecule has 1 aromatic carbocycles. The molecular formula is C12H18BrN3O2. The van der Waals surface area contributed by atoms with Crippen LogP contribution >= 0.6 is 15.9 Å². The number of amidine groups is 1. The number of nitrogen functional groups attached to an aromatic ring is 1. The molecule has 6 heteroatoms. The monoisotopic (exact) mass is 315 g/mol. The first-order valence-electron chi connectivity index (χ1n) is 5.48. The lowest BCUT2D eigenvalue weighted by Crippen LogP contribution is -2.27. The van der Waals surface area contributed by atoms with Gasteiger partial charge in [0.2, 0.25) is 0 Å². The number of anilines is 1. The predicted molar refractivity (Wildman–Crippen MR) is 76.3 cm³/mol. The lowest BCUT2D eigenvalue weighted by molar-refractivity contribution is 0.0365. The summed E-state index contributed by atoms with van der Waals surface area (Å²) in [6.07, 6.45) is -0.0474. The third kappa shape index (κ3) is 3.97. The lowest BCUT2D eigenvalue weighted by atomic mass is 10.1. The molecule has 100 valence electrons. The van der Waals surface area contributed by atoms with Crippen LogP contribution in [0.3, 0.4) is 0 Å². The number of methoxy groups -OCH3 is 2. The van der Waals surface area contributed by atoms with Crippen molar-refractivity contribution in [3.63, 3.8) is 0 Å². The molecule has 1 aromatic rings. The molecular weight excluding hydrogens is 298 g/mol. The van der Waals surface area contributed by atoms with Crippen LogP contribution in [0.15, 0.2) is 22.7 Å². The number of ether oxygens (including phenoxy) is 2. The molecule has 0 aliphatic heterocycles. The van der Waals surface area contributed by atoms with Gasteiger partial charge in [0, 0.05) is 30.9 Å². The molecule has 5 nitrogen and oxygen atoms in total. The van der Waals surface area contributed by atoms with E-state index in [-0.39, 0.29) is 11.9 Å². The Bertz CT molecular complexity index is 412. The van der Waals surface area contributed by atoms with Gasteiger partial charge in [-0.05, 0) is 28.1 Å². The Morgan fingerprint density at radius 1 is 1.50 bits per heavy atom. The van der Waals surface area contributed by atoms with Crippen LogP contribution in [-0.2, 0) is 9.47 Å². The molecule has 0 fully saturated rings. The standard InChI is InChI=1S/C12H18BrN3O2/c1-17-7-8(18-2)6-16-10-5-3-4-9(13)11(10)12(14)15/h3-5,8,16H,6-7H2,1-2H3,(H3,14,15). The van der Waals surface area contributed by atoms with Crippen molar-refractivity contribution in [1.82, 2.24) is 0 Å². The summed E-state index contributed by atoms with van der Waals surface area (Å²) in [5, 5.41) is 10.8. The molecule has 0 aliphatic carbocycles. The number of hydrogen-bond donors (Lipinski definition) is 3. The van der Waals surface area contributed by atoms with E-state index in [0.717, 1.165) is 10.2 Å². The van der Waals surface area contributed by atoms with Gasteiger partial charge in [-0.15, -0.1) is 0 Å². The first-order chi connectivity index (χ1) is 8.60. The Morgan fingerprint density at radius 3 is 2.78 bits per heavy atom. The van der Waals surface area contributed by atoms with Crippen molar-refractivity contribution < 1.29 is 9.47 Å². The molecule has 0 amide bonds. The van der Waals surface area contributed by atoms with Crippen LogP contribution in [0.5, 0.6) is 0 Å². The number of rotatable bonds is 7. The van der Waals surface area contributed by atoms with E-state index in [4.69, 9.17) is 20.6 Å². The van der Waals surface area contributed by atoms with E-state index in [1.165, 1.54) is 0 Å². The Labute approximate surface area is 115 Å². The summed E-state index contributed by atoms with van der Waals surface area (Å²) >= 11 is 3.39. The zero-order valence-electron chi connectivity index (χ0n) is 10.5. The zero-order valence-corrected chi connectivity index (χ0v) is 12.1. The number of nitrogens with one attached hydrogen (secondary N) is 2. The highest BCUT2D eigenvalue weighted by atomic mass is 79.9. The van der Waals surface area contributed by atoms with Crippen molar-refractivity contribution in [3.05, 3.63) is 28.2 Å². The first kappa shape index (κ1) is 14.9. The van der Waals surface area contributed by atoms with Gasteiger partial charge in [-0.1, -0.05) is 6.07 Å². The van der Waals surface area contributed by atoms with Crippen molar-refractivity contribution >= 4 is 27.5 Å². The second-order valence-electron chi connectivity index (χ2n) is 3.77.